The number of nitrogens with zero attached hydrogens (tertiary/aromatic N) is 7. The molecule has 0 atom stereocenters. The second kappa shape index (κ2) is 6.78. The molecule has 5 rings (SSSR count). The van der Waals surface area contributed by atoms with Crippen LogP contribution in [-0.4, -0.2) is 62.9 Å². The minimum absolute atomic E-state index is 0.0408. The van der Waals surface area contributed by atoms with E-state index in [2.05, 4.69) is 33.1 Å². The Labute approximate surface area is 166 Å². The third kappa shape index (κ3) is 2.95. The van der Waals surface area contributed by atoms with Crippen molar-refractivity contribution in [3.05, 3.63) is 58.6 Å². The number of nitro groups is 1. The lowest BCUT2D eigenvalue weighted by Gasteiger charge is -2.33. The zero-order valence-electron chi connectivity index (χ0n) is 15.9. The lowest BCUT2D eigenvalue weighted by Crippen LogP contribution is -2.45. The first-order valence-electron chi connectivity index (χ1n) is 9.44. The first kappa shape index (κ1) is 17.5. The van der Waals surface area contributed by atoms with Gasteiger partial charge in [-0.15, -0.1) is 15.3 Å². The van der Waals surface area contributed by atoms with Crippen LogP contribution in [0.2, 0.25) is 0 Å². The molecule has 146 valence electrons. The van der Waals surface area contributed by atoms with Crippen molar-refractivity contribution in [1.29, 1.82) is 0 Å². The highest BCUT2D eigenvalue weighted by Crippen LogP contribution is 2.30. The largest absolute Gasteiger partial charge is 0.352 e. The van der Waals surface area contributed by atoms with Gasteiger partial charge in [-0.2, -0.15) is 4.52 Å². The maximum absolute atomic E-state index is 11.0. The van der Waals surface area contributed by atoms with Crippen LogP contribution < -0.4 is 4.90 Å². The Balaban J connectivity index is 1.69. The maximum atomic E-state index is 11.0. The molecule has 0 bridgehead atoms. The van der Waals surface area contributed by atoms with Crippen molar-refractivity contribution in [2.45, 2.75) is 0 Å². The van der Waals surface area contributed by atoms with Gasteiger partial charge >= 0.3 is 0 Å². The molecule has 0 spiro atoms. The molecule has 9 heteroatoms. The van der Waals surface area contributed by atoms with E-state index >= 15 is 0 Å². The highest BCUT2D eigenvalue weighted by Gasteiger charge is 2.21. The zero-order valence-corrected chi connectivity index (χ0v) is 15.9. The Kier molecular flexibility index (Phi) is 4.09. The lowest BCUT2D eigenvalue weighted by atomic mass is 10.1. The van der Waals surface area contributed by atoms with Crippen LogP contribution in [-0.2, 0) is 0 Å². The van der Waals surface area contributed by atoms with Crippen molar-refractivity contribution in [2.75, 3.05) is 38.1 Å². The minimum atomic E-state index is -0.414. The number of piperazine rings is 1. The molecule has 0 amide bonds. The quantitative estimate of drug-likeness (QED) is 0.393. The summed E-state index contributed by atoms with van der Waals surface area (Å²) in [4.78, 5) is 15.1. The van der Waals surface area contributed by atoms with E-state index in [9.17, 15) is 10.1 Å². The lowest BCUT2D eigenvalue weighted by molar-refractivity contribution is -0.384. The number of rotatable bonds is 3. The van der Waals surface area contributed by atoms with Gasteiger partial charge in [-0.1, -0.05) is 24.3 Å². The van der Waals surface area contributed by atoms with Crippen molar-refractivity contribution in [2.24, 2.45) is 0 Å². The fourth-order valence-corrected chi connectivity index (χ4v) is 3.73. The topological polar surface area (TPSA) is 92.7 Å². The smallest absolute Gasteiger partial charge is 0.269 e. The molecule has 1 fully saturated rings. The molecule has 3 heterocycles. The van der Waals surface area contributed by atoms with Gasteiger partial charge in [0, 0.05) is 54.6 Å². The van der Waals surface area contributed by atoms with Crippen LogP contribution in [0.3, 0.4) is 0 Å². The van der Waals surface area contributed by atoms with E-state index in [1.54, 1.807) is 16.6 Å². The van der Waals surface area contributed by atoms with Gasteiger partial charge in [0.25, 0.3) is 5.69 Å². The Bertz CT molecular complexity index is 1210. The normalized spacial score (nSPS) is 15.3. The highest BCUT2D eigenvalue weighted by atomic mass is 16.6. The van der Waals surface area contributed by atoms with E-state index in [4.69, 9.17) is 5.10 Å². The third-order valence-corrected chi connectivity index (χ3v) is 5.38. The van der Waals surface area contributed by atoms with Crippen LogP contribution in [0, 0.1) is 10.1 Å². The van der Waals surface area contributed by atoms with Crippen molar-refractivity contribution >= 4 is 27.9 Å². The predicted octanol–water partition coefficient (Wildman–Crippen LogP) is 2.60. The minimum Gasteiger partial charge on any atom is -0.352 e. The van der Waals surface area contributed by atoms with Crippen molar-refractivity contribution in [3.8, 4) is 11.4 Å². The molecule has 1 saturated heterocycles. The predicted molar refractivity (Wildman–Crippen MR) is 110 cm³/mol. The standard InChI is InChI=1S/C20H19N7O2/c1-24-10-12-25(13-11-24)20-17-5-3-2-4-16(17)19-22-21-18(26(19)23-20)14-6-8-15(9-7-14)27(28)29/h2-9H,10-13H2,1H3. The second-order valence-corrected chi connectivity index (χ2v) is 7.22. The summed E-state index contributed by atoms with van der Waals surface area (Å²) >= 11 is 0. The van der Waals surface area contributed by atoms with Crippen LogP contribution in [0.25, 0.3) is 27.8 Å². The summed E-state index contributed by atoms with van der Waals surface area (Å²) in [6.07, 6.45) is 0. The molecule has 9 nitrogen and oxygen atoms in total. The summed E-state index contributed by atoms with van der Waals surface area (Å²) in [6, 6.07) is 14.4. The summed E-state index contributed by atoms with van der Waals surface area (Å²) < 4.78 is 1.75. The number of hydrogen-bond acceptors (Lipinski definition) is 7. The monoisotopic (exact) mass is 389 g/mol. The number of nitro benzene ring substituents is 1. The summed E-state index contributed by atoms with van der Waals surface area (Å²) in [7, 11) is 2.12. The maximum Gasteiger partial charge on any atom is 0.269 e. The molecule has 0 unspecified atom stereocenters. The van der Waals surface area contributed by atoms with Crippen LogP contribution in [0.1, 0.15) is 0 Å². The number of anilines is 1. The van der Waals surface area contributed by atoms with Crippen LogP contribution in [0.4, 0.5) is 11.5 Å². The zero-order chi connectivity index (χ0) is 20.0. The number of likely N-dealkylation sites (N-methyl/N-ethyl adjacent to an activating group) is 1. The molecular formula is C20H19N7O2. The molecule has 4 aromatic rings. The molecule has 1 aliphatic rings. The van der Waals surface area contributed by atoms with E-state index in [1.165, 1.54) is 12.1 Å². The van der Waals surface area contributed by atoms with E-state index in [0.29, 0.717) is 11.5 Å². The van der Waals surface area contributed by atoms with Crippen LogP contribution in [0.5, 0.6) is 0 Å². The van der Waals surface area contributed by atoms with Gasteiger partial charge in [0.2, 0.25) is 0 Å². The average molecular weight is 389 g/mol. The molecule has 0 radical (unpaired) electrons. The fourth-order valence-electron chi connectivity index (χ4n) is 3.73. The Morgan fingerprint density at radius 2 is 1.62 bits per heavy atom. The van der Waals surface area contributed by atoms with Crippen LogP contribution >= 0.6 is 0 Å². The summed E-state index contributed by atoms with van der Waals surface area (Å²) in [6.45, 7) is 3.75. The summed E-state index contributed by atoms with van der Waals surface area (Å²) in [5, 5.41) is 26.6. The molecular weight excluding hydrogens is 370 g/mol. The number of benzene rings is 2. The molecule has 2 aromatic heterocycles. The molecule has 29 heavy (non-hydrogen) atoms. The average Bonchev–Trinajstić information content (AvgIpc) is 3.18. The van der Waals surface area contributed by atoms with E-state index in [-0.39, 0.29) is 5.69 Å². The van der Waals surface area contributed by atoms with Gasteiger partial charge in [0.15, 0.2) is 17.3 Å². The van der Waals surface area contributed by atoms with Crippen molar-refractivity contribution < 1.29 is 4.92 Å². The van der Waals surface area contributed by atoms with Gasteiger partial charge < -0.3 is 9.80 Å². The molecule has 0 aliphatic carbocycles. The van der Waals surface area contributed by atoms with Gasteiger partial charge in [0.1, 0.15) is 0 Å². The Morgan fingerprint density at radius 1 is 0.931 bits per heavy atom. The Morgan fingerprint density at radius 3 is 2.31 bits per heavy atom. The van der Waals surface area contributed by atoms with Gasteiger partial charge in [0.05, 0.1) is 4.92 Å². The van der Waals surface area contributed by atoms with E-state index < -0.39 is 4.92 Å². The molecule has 0 saturated carbocycles. The molecule has 1 aliphatic heterocycles. The summed E-state index contributed by atoms with van der Waals surface area (Å²) in [5.74, 6) is 1.47. The first-order valence-corrected chi connectivity index (χ1v) is 9.44. The van der Waals surface area contributed by atoms with Gasteiger partial charge in [-0.05, 0) is 19.2 Å². The highest BCUT2D eigenvalue weighted by molar-refractivity contribution is 6.00. The SMILES string of the molecule is CN1CCN(c2nn3c(-c4ccc([N+](=O)[O-])cc4)nnc3c3ccccc23)CC1. The second-order valence-electron chi connectivity index (χ2n) is 7.22. The van der Waals surface area contributed by atoms with E-state index in [0.717, 1.165) is 48.3 Å². The third-order valence-electron chi connectivity index (χ3n) is 5.38. The van der Waals surface area contributed by atoms with E-state index in [1.807, 2.05) is 18.2 Å². The van der Waals surface area contributed by atoms with Gasteiger partial charge in [-0.3, -0.25) is 10.1 Å². The first-order chi connectivity index (χ1) is 14.1. The van der Waals surface area contributed by atoms with Crippen molar-refractivity contribution in [1.82, 2.24) is 24.7 Å². The number of aromatic nitrogens is 4. The number of non-ortho nitro benzene ring substituents is 1. The molecule has 2 aromatic carbocycles. The number of fused-ring (bicyclic) bond motifs is 3. The summed E-state index contributed by atoms with van der Waals surface area (Å²) in [5.41, 5.74) is 1.45. The number of hydrogen-bond donors (Lipinski definition) is 0. The van der Waals surface area contributed by atoms with Crippen molar-refractivity contribution in [3.63, 3.8) is 0 Å². The van der Waals surface area contributed by atoms with Gasteiger partial charge in [-0.25, -0.2) is 0 Å². The van der Waals surface area contributed by atoms with Crippen LogP contribution in [0.15, 0.2) is 48.5 Å². The molecule has 0 N–H and O–H groups in total. The fraction of sp³-hybridized carbons (Fsp3) is 0.250. The Hall–Kier alpha value is -3.59.